The summed E-state index contributed by atoms with van der Waals surface area (Å²) in [6.45, 7) is 3.37. The number of amides is 3. The summed E-state index contributed by atoms with van der Waals surface area (Å²) < 4.78 is 0. The molecule has 0 radical (unpaired) electrons. The molecule has 7 N–H and O–H groups in total. The van der Waals surface area contributed by atoms with Crippen molar-refractivity contribution in [3.63, 3.8) is 0 Å². The summed E-state index contributed by atoms with van der Waals surface area (Å²) in [6.07, 6.45) is 5.59. The number of nitrogens with one attached hydrogen (secondary N) is 4. The van der Waals surface area contributed by atoms with Gasteiger partial charge < -0.3 is 31.8 Å². The highest BCUT2D eigenvalue weighted by atomic mass is 32.2. The molecule has 2 rings (SSSR count). The van der Waals surface area contributed by atoms with Gasteiger partial charge in [-0.1, -0.05) is 44.2 Å². The third-order valence-corrected chi connectivity index (χ3v) is 6.37. The number of carbonyl (C=O) groups is 4. The highest BCUT2D eigenvalue weighted by Gasteiger charge is 2.31. The molecule has 12 heteroatoms. The van der Waals surface area contributed by atoms with E-state index in [1.807, 2.05) is 36.6 Å². The van der Waals surface area contributed by atoms with Crippen LogP contribution in [0.25, 0.3) is 0 Å². The standard InChI is InChI=1S/C25H36N6O5S/c1-15(2)21(25(35)36)31-23(33)19(9-10-37-3)29-24(34)20(11-16-7-5-4-6-8-16)30-22(32)18(26)12-17-13-27-14-28-17/h4-8,13-15,18-21H,9-12,26H2,1-3H3,(H,27,28)(H,29,34)(H,30,32)(H,31,33)(H,35,36). The Morgan fingerprint density at radius 2 is 1.65 bits per heavy atom. The van der Waals surface area contributed by atoms with E-state index >= 15 is 0 Å². The fourth-order valence-corrected chi connectivity index (χ4v) is 4.08. The number of benzene rings is 1. The molecular formula is C25H36N6O5S. The van der Waals surface area contributed by atoms with Crippen molar-refractivity contribution >= 4 is 35.5 Å². The molecule has 1 heterocycles. The molecule has 0 bridgehead atoms. The van der Waals surface area contributed by atoms with Gasteiger partial charge in [0.15, 0.2) is 0 Å². The van der Waals surface area contributed by atoms with Gasteiger partial charge in [0, 0.05) is 24.7 Å². The van der Waals surface area contributed by atoms with E-state index in [2.05, 4.69) is 25.9 Å². The van der Waals surface area contributed by atoms with E-state index in [1.165, 1.54) is 18.1 Å². The van der Waals surface area contributed by atoms with Crippen molar-refractivity contribution in [3.8, 4) is 0 Å². The largest absolute Gasteiger partial charge is 0.480 e. The van der Waals surface area contributed by atoms with Gasteiger partial charge in [0.25, 0.3) is 0 Å². The topological polar surface area (TPSA) is 179 Å². The zero-order valence-electron chi connectivity index (χ0n) is 21.3. The summed E-state index contributed by atoms with van der Waals surface area (Å²) in [5, 5.41) is 17.4. The molecule has 202 valence electrons. The van der Waals surface area contributed by atoms with Crippen molar-refractivity contribution in [2.45, 2.75) is 57.3 Å². The van der Waals surface area contributed by atoms with E-state index in [1.54, 1.807) is 20.0 Å². The number of aromatic amines is 1. The number of nitrogens with two attached hydrogens (primary N) is 1. The summed E-state index contributed by atoms with van der Waals surface area (Å²) in [7, 11) is 0. The van der Waals surface area contributed by atoms with Gasteiger partial charge in [-0.2, -0.15) is 11.8 Å². The Labute approximate surface area is 220 Å². The zero-order chi connectivity index (χ0) is 27.4. The molecule has 0 aliphatic carbocycles. The van der Waals surface area contributed by atoms with Gasteiger partial charge in [-0.25, -0.2) is 9.78 Å². The van der Waals surface area contributed by atoms with Gasteiger partial charge in [-0.15, -0.1) is 0 Å². The Kier molecular flexibility index (Phi) is 12.1. The highest BCUT2D eigenvalue weighted by Crippen LogP contribution is 2.09. The molecule has 11 nitrogen and oxygen atoms in total. The summed E-state index contributed by atoms with van der Waals surface area (Å²) >= 11 is 1.49. The van der Waals surface area contributed by atoms with E-state index in [4.69, 9.17) is 5.73 Å². The van der Waals surface area contributed by atoms with Crippen LogP contribution in [0.5, 0.6) is 0 Å². The quantitative estimate of drug-likeness (QED) is 0.191. The normalized spacial score (nSPS) is 14.3. The second-order valence-electron chi connectivity index (χ2n) is 9.05. The third-order valence-electron chi connectivity index (χ3n) is 5.72. The van der Waals surface area contributed by atoms with E-state index < -0.39 is 47.9 Å². The van der Waals surface area contributed by atoms with Crippen LogP contribution in [0.2, 0.25) is 0 Å². The lowest BCUT2D eigenvalue weighted by atomic mass is 10.0. The minimum absolute atomic E-state index is 0.176. The molecule has 1 aromatic heterocycles. The SMILES string of the molecule is CSCCC(NC(=O)C(Cc1ccccc1)NC(=O)C(N)Cc1cnc[nH]1)C(=O)NC(C(=O)O)C(C)C. The number of carboxylic acid groups (broad SMARTS) is 1. The molecule has 37 heavy (non-hydrogen) atoms. The average Bonchev–Trinajstić information content (AvgIpc) is 3.37. The maximum Gasteiger partial charge on any atom is 0.326 e. The van der Waals surface area contributed by atoms with Gasteiger partial charge in [0.1, 0.15) is 18.1 Å². The Hall–Kier alpha value is -3.38. The van der Waals surface area contributed by atoms with Crippen LogP contribution < -0.4 is 21.7 Å². The molecule has 2 aromatic rings. The molecule has 0 aliphatic rings. The van der Waals surface area contributed by atoms with Crippen molar-refractivity contribution in [1.82, 2.24) is 25.9 Å². The van der Waals surface area contributed by atoms with Gasteiger partial charge in [0.05, 0.1) is 12.4 Å². The van der Waals surface area contributed by atoms with Crippen LogP contribution in [0.15, 0.2) is 42.9 Å². The van der Waals surface area contributed by atoms with E-state index in [9.17, 15) is 24.3 Å². The average molecular weight is 533 g/mol. The van der Waals surface area contributed by atoms with E-state index in [0.717, 1.165) is 5.56 Å². The maximum absolute atomic E-state index is 13.4. The summed E-state index contributed by atoms with van der Waals surface area (Å²) in [5.74, 6) is -2.63. The summed E-state index contributed by atoms with van der Waals surface area (Å²) in [6, 6.07) is 5.14. The summed E-state index contributed by atoms with van der Waals surface area (Å²) in [4.78, 5) is 57.6. The Balaban J connectivity index is 2.18. The van der Waals surface area contributed by atoms with Crippen molar-refractivity contribution < 1.29 is 24.3 Å². The molecule has 0 aliphatic heterocycles. The molecule has 0 fully saturated rings. The number of nitrogens with zero attached hydrogens (tertiary/aromatic N) is 1. The molecular weight excluding hydrogens is 496 g/mol. The lowest BCUT2D eigenvalue weighted by Gasteiger charge is -2.26. The van der Waals surface area contributed by atoms with Crippen molar-refractivity contribution in [2.75, 3.05) is 12.0 Å². The van der Waals surface area contributed by atoms with Crippen LogP contribution in [0, 0.1) is 5.92 Å². The fraction of sp³-hybridized carbons (Fsp3) is 0.480. The molecule has 0 saturated carbocycles. The van der Waals surface area contributed by atoms with Crippen LogP contribution in [-0.2, 0) is 32.0 Å². The minimum atomic E-state index is -1.15. The van der Waals surface area contributed by atoms with Gasteiger partial charge in [-0.3, -0.25) is 14.4 Å². The number of aliphatic carboxylic acids is 1. The first-order chi connectivity index (χ1) is 17.6. The first kappa shape index (κ1) is 29.8. The van der Waals surface area contributed by atoms with Crippen LogP contribution >= 0.6 is 11.8 Å². The van der Waals surface area contributed by atoms with Crippen molar-refractivity contribution in [3.05, 3.63) is 54.1 Å². The predicted octanol–water partition coefficient (Wildman–Crippen LogP) is 0.470. The Bertz CT molecular complexity index is 1020. The van der Waals surface area contributed by atoms with Crippen LogP contribution in [0.4, 0.5) is 0 Å². The number of carbonyl (C=O) groups excluding carboxylic acids is 3. The Morgan fingerprint density at radius 1 is 1.00 bits per heavy atom. The van der Waals surface area contributed by atoms with Gasteiger partial charge >= 0.3 is 5.97 Å². The number of carboxylic acids is 1. The fourth-order valence-electron chi connectivity index (χ4n) is 3.61. The second kappa shape index (κ2) is 15.0. The van der Waals surface area contributed by atoms with Crippen LogP contribution in [0.3, 0.4) is 0 Å². The van der Waals surface area contributed by atoms with Crippen LogP contribution in [-0.4, -0.2) is 74.9 Å². The molecule has 0 spiro atoms. The first-order valence-electron chi connectivity index (χ1n) is 12.0. The molecule has 0 saturated heterocycles. The number of H-pyrrole nitrogens is 1. The van der Waals surface area contributed by atoms with Crippen molar-refractivity contribution in [2.24, 2.45) is 11.7 Å². The number of aromatic nitrogens is 2. The smallest absolute Gasteiger partial charge is 0.326 e. The molecule has 4 atom stereocenters. The van der Waals surface area contributed by atoms with E-state index in [0.29, 0.717) is 11.4 Å². The summed E-state index contributed by atoms with van der Waals surface area (Å²) in [5.41, 5.74) is 7.55. The molecule has 3 amide bonds. The highest BCUT2D eigenvalue weighted by molar-refractivity contribution is 7.98. The first-order valence-corrected chi connectivity index (χ1v) is 13.4. The van der Waals surface area contributed by atoms with Gasteiger partial charge in [0.2, 0.25) is 17.7 Å². The predicted molar refractivity (Wildman–Crippen MR) is 142 cm³/mol. The minimum Gasteiger partial charge on any atom is -0.480 e. The third kappa shape index (κ3) is 9.89. The zero-order valence-corrected chi connectivity index (χ0v) is 22.1. The number of thioether (sulfide) groups is 1. The molecule has 1 aromatic carbocycles. The van der Waals surface area contributed by atoms with Crippen LogP contribution in [0.1, 0.15) is 31.5 Å². The monoisotopic (exact) mass is 532 g/mol. The Morgan fingerprint density at radius 3 is 2.22 bits per heavy atom. The number of hydrogen-bond acceptors (Lipinski definition) is 7. The second-order valence-corrected chi connectivity index (χ2v) is 10.0. The lowest BCUT2D eigenvalue weighted by Crippen LogP contribution is -2.58. The lowest BCUT2D eigenvalue weighted by molar-refractivity contribution is -0.143. The maximum atomic E-state index is 13.4. The van der Waals surface area contributed by atoms with Gasteiger partial charge in [-0.05, 0) is 29.9 Å². The van der Waals surface area contributed by atoms with E-state index in [-0.39, 0.29) is 25.2 Å². The molecule has 4 unspecified atom stereocenters. The van der Waals surface area contributed by atoms with Crippen molar-refractivity contribution in [1.29, 1.82) is 0 Å². The number of rotatable bonds is 15. The number of hydrogen-bond donors (Lipinski definition) is 6. The number of imidazole rings is 1.